The predicted octanol–water partition coefficient (Wildman–Crippen LogP) is 4.37. The van der Waals surface area contributed by atoms with Crippen LogP contribution in [0.4, 0.5) is 11.8 Å². The lowest BCUT2D eigenvalue weighted by Crippen LogP contribution is -2.47. The van der Waals surface area contributed by atoms with Crippen LogP contribution in [0.15, 0.2) is 60.7 Å². The summed E-state index contributed by atoms with van der Waals surface area (Å²) in [7, 11) is 5.43. The number of amides is 2. The third kappa shape index (κ3) is 6.43. The van der Waals surface area contributed by atoms with Gasteiger partial charge in [-0.1, -0.05) is 59.6 Å². The molecule has 218 valence electrons. The SMILES string of the molecule is CN1CCN(c2nc(N)nc3cc(C(=O)N[C@@H](Cc4ccc(-c5cccc(Cl)c5Cl)cc4)C(=O)N(C)C)ccc23)CC1. The maximum absolute atomic E-state index is 13.4. The fourth-order valence-electron chi connectivity index (χ4n) is 5.07. The van der Waals surface area contributed by atoms with Gasteiger partial charge in [-0.15, -0.1) is 0 Å². The Balaban J connectivity index is 1.36. The van der Waals surface area contributed by atoms with Crippen LogP contribution in [0.3, 0.4) is 0 Å². The van der Waals surface area contributed by atoms with E-state index in [2.05, 4.69) is 32.1 Å². The second-order valence-corrected chi connectivity index (χ2v) is 11.5. The molecule has 0 radical (unpaired) electrons. The lowest BCUT2D eigenvalue weighted by molar-refractivity contribution is -0.130. The first-order valence-electron chi connectivity index (χ1n) is 13.7. The Hall–Kier alpha value is -3.92. The molecule has 9 nitrogen and oxygen atoms in total. The summed E-state index contributed by atoms with van der Waals surface area (Å²) in [6, 6.07) is 17.7. The van der Waals surface area contributed by atoms with E-state index in [0.29, 0.717) is 27.5 Å². The number of fused-ring (bicyclic) bond motifs is 1. The van der Waals surface area contributed by atoms with E-state index in [0.717, 1.165) is 54.1 Å². The van der Waals surface area contributed by atoms with Gasteiger partial charge in [-0.25, -0.2) is 4.98 Å². The van der Waals surface area contributed by atoms with Crippen LogP contribution in [0.1, 0.15) is 15.9 Å². The number of carbonyl (C=O) groups excluding carboxylic acids is 2. The van der Waals surface area contributed by atoms with Crippen molar-refractivity contribution in [2.45, 2.75) is 12.5 Å². The van der Waals surface area contributed by atoms with Crippen LogP contribution >= 0.6 is 23.2 Å². The number of carbonyl (C=O) groups is 2. The molecule has 1 fully saturated rings. The molecule has 3 N–H and O–H groups in total. The number of rotatable bonds is 7. The first-order valence-corrected chi connectivity index (χ1v) is 14.4. The Bertz CT molecular complexity index is 1620. The molecule has 11 heteroatoms. The number of likely N-dealkylation sites (N-methyl/N-ethyl adjacent to an activating group) is 2. The number of nitrogens with two attached hydrogens (primary N) is 1. The van der Waals surface area contributed by atoms with E-state index in [4.69, 9.17) is 28.9 Å². The molecule has 0 aliphatic carbocycles. The van der Waals surface area contributed by atoms with Crippen LogP contribution in [0.5, 0.6) is 0 Å². The number of nitrogens with one attached hydrogen (secondary N) is 1. The molecule has 1 atom stereocenters. The molecule has 0 saturated carbocycles. The molecular formula is C31H33Cl2N7O2. The number of nitrogen functional groups attached to an aromatic ring is 1. The van der Waals surface area contributed by atoms with Gasteiger partial charge in [-0.05, 0) is 42.4 Å². The number of aromatic nitrogens is 2. The highest BCUT2D eigenvalue weighted by Gasteiger charge is 2.25. The maximum Gasteiger partial charge on any atom is 0.252 e. The summed E-state index contributed by atoms with van der Waals surface area (Å²) in [4.78, 5) is 41.4. The first kappa shape index (κ1) is 29.6. The van der Waals surface area contributed by atoms with Gasteiger partial charge in [-0.3, -0.25) is 9.59 Å². The second-order valence-electron chi connectivity index (χ2n) is 10.7. The topological polar surface area (TPSA) is 108 Å². The summed E-state index contributed by atoms with van der Waals surface area (Å²) >= 11 is 12.6. The zero-order chi connectivity index (χ0) is 30.0. The average molecular weight is 607 g/mol. The smallest absolute Gasteiger partial charge is 0.252 e. The molecule has 0 bridgehead atoms. The third-order valence-corrected chi connectivity index (χ3v) is 8.28. The van der Waals surface area contributed by atoms with Gasteiger partial charge in [0.25, 0.3) is 5.91 Å². The number of benzene rings is 3. The van der Waals surface area contributed by atoms with Crippen molar-refractivity contribution in [1.82, 2.24) is 25.1 Å². The van der Waals surface area contributed by atoms with Crippen LogP contribution in [-0.2, 0) is 11.2 Å². The van der Waals surface area contributed by atoms with Crippen molar-refractivity contribution in [2.75, 3.05) is 58.0 Å². The standard InChI is InChI=1S/C31H33Cl2N7O2/c1-38(2)30(42)26(17-19-7-9-20(10-8-19)22-5-4-6-24(32)27(22)33)35-29(41)21-11-12-23-25(18-21)36-31(34)37-28(23)40-15-13-39(3)14-16-40/h4-12,18,26H,13-17H2,1-3H3,(H,35,41)(H2,34,36,37)/t26-/m0/s1. The van der Waals surface area contributed by atoms with E-state index in [-0.39, 0.29) is 17.8 Å². The fourth-order valence-corrected chi connectivity index (χ4v) is 5.48. The molecular weight excluding hydrogens is 573 g/mol. The van der Waals surface area contributed by atoms with E-state index in [1.165, 1.54) is 4.90 Å². The average Bonchev–Trinajstić information content (AvgIpc) is 2.98. The molecule has 0 unspecified atom stereocenters. The molecule has 1 aromatic heterocycles. The summed E-state index contributed by atoms with van der Waals surface area (Å²) in [5.74, 6) is 0.325. The normalized spacial score (nSPS) is 14.5. The van der Waals surface area contributed by atoms with Crippen molar-refractivity contribution in [3.05, 3.63) is 81.8 Å². The Labute approximate surface area is 255 Å². The number of piperazine rings is 1. The zero-order valence-corrected chi connectivity index (χ0v) is 25.3. The van der Waals surface area contributed by atoms with E-state index >= 15 is 0 Å². The molecule has 1 saturated heterocycles. The minimum Gasteiger partial charge on any atom is -0.368 e. The largest absolute Gasteiger partial charge is 0.368 e. The summed E-state index contributed by atoms with van der Waals surface area (Å²) in [6.45, 7) is 3.49. The highest BCUT2D eigenvalue weighted by molar-refractivity contribution is 6.43. The van der Waals surface area contributed by atoms with Crippen molar-refractivity contribution in [3.8, 4) is 11.1 Å². The van der Waals surface area contributed by atoms with E-state index in [1.807, 2.05) is 42.5 Å². The number of hydrogen-bond acceptors (Lipinski definition) is 7. The van der Waals surface area contributed by atoms with Crippen LogP contribution in [0.2, 0.25) is 10.0 Å². The van der Waals surface area contributed by atoms with Gasteiger partial charge in [0, 0.05) is 63.2 Å². The highest BCUT2D eigenvalue weighted by Crippen LogP contribution is 2.33. The molecule has 0 spiro atoms. The van der Waals surface area contributed by atoms with Crippen molar-refractivity contribution in [1.29, 1.82) is 0 Å². The van der Waals surface area contributed by atoms with Gasteiger partial charge < -0.3 is 25.8 Å². The van der Waals surface area contributed by atoms with Crippen molar-refractivity contribution in [3.63, 3.8) is 0 Å². The Morgan fingerprint density at radius 3 is 2.40 bits per heavy atom. The number of anilines is 2. The van der Waals surface area contributed by atoms with E-state index < -0.39 is 6.04 Å². The minimum atomic E-state index is -0.778. The van der Waals surface area contributed by atoms with Crippen molar-refractivity contribution >= 4 is 57.7 Å². The number of halogens is 2. The van der Waals surface area contributed by atoms with Crippen LogP contribution in [0, 0.1) is 0 Å². The van der Waals surface area contributed by atoms with Gasteiger partial charge in [0.15, 0.2) is 0 Å². The highest BCUT2D eigenvalue weighted by atomic mass is 35.5. The predicted molar refractivity (Wildman–Crippen MR) is 169 cm³/mol. The number of hydrogen-bond donors (Lipinski definition) is 2. The van der Waals surface area contributed by atoms with Gasteiger partial charge >= 0.3 is 0 Å². The molecule has 1 aliphatic rings. The monoisotopic (exact) mass is 605 g/mol. The molecule has 42 heavy (non-hydrogen) atoms. The van der Waals surface area contributed by atoms with Crippen molar-refractivity contribution < 1.29 is 9.59 Å². The summed E-state index contributed by atoms with van der Waals surface area (Å²) in [5.41, 5.74) is 9.63. The number of nitrogens with zero attached hydrogens (tertiary/aromatic N) is 5. The molecule has 1 aliphatic heterocycles. The Kier molecular flexibility index (Phi) is 8.82. The van der Waals surface area contributed by atoms with E-state index in [1.54, 1.807) is 32.3 Å². The fraction of sp³-hybridized carbons (Fsp3) is 0.290. The Morgan fingerprint density at radius 1 is 1.00 bits per heavy atom. The van der Waals surface area contributed by atoms with Crippen LogP contribution in [-0.4, -0.2) is 84.9 Å². The summed E-state index contributed by atoms with van der Waals surface area (Å²) in [6.07, 6.45) is 0.308. The van der Waals surface area contributed by atoms with Gasteiger partial charge in [0.2, 0.25) is 11.9 Å². The molecule has 2 amide bonds. The van der Waals surface area contributed by atoms with Crippen molar-refractivity contribution in [2.24, 2.45) is 0 Å². The summed E-state index contributed by atoms with van der Waals surface area (Å²) in [5, 5.41) is 4.72. The lowest BCUT2D eigenvalue weighted by atomic mass is 9.99. The lowest BCUT2D eigenvalue weighted by Gasteiger charge is -2.33. The Morgan fingerprint density at radius 2 is 1.71 bits per heavy atom. The molecule has 3 aromatic carbocycles. The maximum atomic E-state index is 13.4. The first-order chi connectivity index (χ1) is 20.1. The van der Waals surface area contributed by atoms with Gasteiger partial charge in [0.1, 0.15) is 11.9 Å². The van der Waals surface area contributed by atoms with Gasteiger partial charge in [0.05, 0.1) is 15.6 Å². The van der Waals surface area contributed by atoms with E-state index in [9.17, 15) is 9.59 Å². The molecule has 2 heterocycles. The quantitative estimate of drug-likeness (QED) is 0.322. The third-order valence-electron chi connectivity index (χ3n) is 7.46. The minimum absolute atomic E-state index is 0.150. The van der Waals surface area contributed by atoms with Crippen LogP contribution < -0.4 is 16.0 Å². The summed E-state index contributed by atoms with van der Waals surface area (Å²) < 4.78 is 0. The van der Waals surface area contributed by atoms with Crippen LogP contribution in [0.25, 0.3) is 22.0 Å². The van der Waals surface area contributed by atoms with Gasteiger partial charge in [-0.2, -0.15) is 4.98 Å². The molecule has 5 rings (SSSR count). The second kappa shape index (κ2) is 12.5. The zero-order valence-electron chi connectivity index (χ0n) is 23.8. The molecule has 4 aromatic rings.